The van der Waals surface area contributed by atoms with Gasteiger partial charge >= 0.3 is 0 Å². The van der Waals surface area contributed by atoms with E-state index in [2.05, 4.69) is 5.32 Å². The molecule has 0 bridgehead atoms. The Morgan fingerprint density at radius 3 is 2.43 bits per heavy atom. The predicted molar refractivity (Wildman–Crippen MR) is 88.7 cm³/mol. The van der Waals surface area contributed by atoms with Gasteiger partial charge in [-0.05, 0) is 37.6 Å². The number of rotatable bonds is 4. The van der Waals surface area contributed by atoms with E-state index in [-0.39, 0.29) is 12.5 Å². The summed E-state index contributed by atoms with van der Waals surface area (Å²) in [6.07, 6.45) is 0. The molecule has 0 aliphatic carbocycles. The third kappa shape index (κ3) is 3.75. The average Bonchev–Trinajstić information content (AvgIpc) is 2.43. The van der Waals surface area contributed by atoms with Crippen LogP contribution in [0.2, 0.25) is 0 Å². The van der Waals surface area contributed by atoms with Gasteiger partial charge in [-0.25, -0.2) is 0 Å². The Balaban J connectivity index is 2.03. The number of nitrogen functional groups attached to an aromatic ring is 1. The number of para-hydroxylation sites is 1. The number of nitrogens with two attached hydrogens (primary N) is 1. The van der Waals surface area contributed by atoms with Crippen LogP contribution in [-0.4, -0.2) is 19.5 Å². The first kappa shape index (κ1) is 14.9. The van der Waals surface area contributed by atoms with E-state index in [0.717, 1.165) is 11.3 Å². The highest BCUT2D eigenvalue weighted by Crippen LogP contribution is 2.22. The molecule has 0 spiro atoms. The molecule has 3 N–H and O–H groups in total. The molecule has 4 nitrogen and oxygen atoms in total. The Hall–Kier alpha value is -2.49. The summed E-state index contributed by atoms with van der Waals surface area (Å²) in [5, 5.41) is 2.88. The largest absolute Gasteiger partial charge is 0.397 e. The summed E-state index contributed by atoms with van der Waals surface area (Å²) >= 11 is 0. The van der Waals surface area contributed by atoms with Crippen LogP contribution in [0.5, 0.6) is 0 Å². The fraction of sp³-hybridized carbons (Fsp3) is 0.235. The van der Waals surface area contributed by atoms with Crippen molar-refractivity contribution < 1.29 is 4.79 Å². The van der Waals surface area contributed by atoms with Crippen molar-refractivity contribution in [1.29, 1.82) is 0 Å². The van der Waals surface area contributed by atoms with E-state index in [1.54, 1.807) is 6.07 Å². The maximum Gasteiger partial charge on any atom is 0.243 e. The van der Waals surface area contributed by atoms with Crippen molar-refractivity contribution in [3.05, 3.63) is 53.6 Å². The molecule has 4 heteroatoms. The van der Waals surface area contributed by atoms with Crippen LogP contribution in [0.25, 0.3) is 0 Å². The van der Waals surface area contributed by atoms with Crippen LogP contribution in [0.1, 0.15) is 11.1 Å². The number of nitrogens with one attached hydrogen (secondary N) is 1. The first-order valence-electron chi connectivity index (χ1n) is 6.90. The lowest BCUT2D eigenvalue weighted by atomic mass is 10.1. The minimum atomic E-state index is -0.0842. The van der Waals surface area contributed by atoms with E-state index < -0.39 is 0 Å². The van der Waals surface area contributed by atoms with Crippen molar-refractivity contribution in [2.75, 3.05) is 29.5 Å². The molecule has 0 aromatic heterocycles. The zero-order chi connectivity index (χ0) is 15.4. The van der Waals surface area contributed by atoms with Gasteiger partial charge in [-0.3, -0.25) is 4.79 Å². The van der Waals surface area contributed by atoms with E-state index in [0.29, 0.717) is 11.4 Å². The number of benzene rings is 2. The Bertz CT molecular complexity index is 615. The third-order valence-electron chi connectivity index (χ3n) is 3.42. The molecule has 2 aromatic rings. The topological polar surface area (TPSA) is 58.4 Å². The monoisotopic (exact) mass is 283 g/mol. The molecule has 0 heterocycles. The lowest BCUT2D eigenvalue weighted by molar-refractivity contribution is -0.114. The predicted octanol–water partition coefficient (Wildman–Crippen LogP) is 2.96. The van der Waals surface area contributed by atoms with Gasteiger partial charge < -0.3 is 16.0 Å². The maximum atomic E-state index is 12.2. The van der Waals surface area contributed by atoms with Crippen LogP contribution in [0, 0.1) is 13.8 Å². The molecule has 0 atom stereocenters. The van der Waals surface area contributed by atoms with Gasteiger partial charge in [0, 0.05) is 12.7 Å². The quantitative estimate of drug-likeness (QED) is 0.848. The Kier molecular flexibility index (Phi) is 4.48. The summed E-state index contributed by atoms with van der Waals surface area (Å²) in [7, 11) is 1.89. The van der Waals surface area contributed by atoms with Gasteiger partial charge in [-0.2, -0.15) is 0 Å². The Morgan fingerprint density at radius 1 is 1.14 bits per heavy atom. The molecule has 1 amide bonds. The van der Waals surface area contributed by atoms with Crippen LogP contribution >= 0.6 is 0 Å². The van der Waals surface area contributed by atoms with Crippen molar-refractivity contribution in [3.63, 3.8) is 0 Å². The summed E-state index contributed by atoms with van der Waals surface area (Å²) in [4.78, 5) is 14.1. The molecule has 2 aromatic carbocycles. The minimum Gasteiger partial charge on any atom is -0.397 e. The SMILES string of the molecule is Cc1ccc(N(C)CC(=O)Nc2c(C)cccc2N)cc1. The molecule has 110 valence electrons. The van der Waals surface area contributed by atoms with Gasteiger partial charge in [0.05, 0.1) is 17.9 Å². The number of carbonyl (C=O) groups excluding carboxylic acids is 1. The molecule has 21 heavy (non-hydrogen) atoms. The number of anilines is 3. The van der Waals surface area contributed by atoms with E-state index in [1.165, 1.54) is 5.56 Å². The zero-order valence-corrected chi connectivity index (χ0v) is 12.7. The van der Waals surface area contributed by atoms with Crippen LogP contribution in [0.4, 0.5) is 17.1 Å². The van der Waals surface area contributed by atoms with Crippen molar-refractivity contribution in [3.8, 4) is 0 Å². The summed E-state index contributed by atoms with van der Waals surface area (Å²) in [5.74, 6) is -0.0842. The van der Waals surface area contributed by atoms with Crippen molar-refractivity contribution >= 4 is 23.0 Å². The van der Waals surface area contributed by atoms with Gasteiger partial charge in [0.2, 0.25) is 5.91 Å². The van der Waals surface area contributed by atoms with Gasteiger partial charge in [0.25, 0.3) is 0 Å². The van der Waals surface area contributed by atoms with Crippen LogP contribution < -0.4 is 16.0 Å². The molecule has 0 unspecified atom stereocenters. The fourth-order valence-corrected chi connectivity index (χ4v) is 2.15. The normalized spacial score (nSPS) is 10.2. The Labute approximate surface area is 125 Å². The summed E-state index contributed by atoms with van der Waals surface area (Å²) in [6.45, 7) is 4.24. The highest BCUT2D eigenvalue weighted by molar-refractivity contribution is 5.97. The van der Waals surface area contributed by atoms with Crippen LogP contribution in [0.3, 0.4) is 0 Å². The standard InChI is InChI=1S/C17H21N3O/c1-12-7-9-14(10-8-12)20(3)11-16(21)19-17-13(2)5-4-6-15(17)18/h4-10H,11,18H2,1-3H3,(H,19,21). The van der Waals surface area contributed by atoms with Gasteiger partial charge in [0.15, 0.2) is 0 Å². The van der Waals surface area contributed by atoms with E-state index in [9.17, 15) is 4.79 Å². The molecule has 0 saturated carbocycles. The van der Waals surface area contributed by atoms with Crippen LogP contribution in [0.15, 0.2) is 42.5 Å². The maximum absolute atomic E-state index is 12.2. The second-order valence-electron chi connectivity index (χ2n) is 5.28. The van der Waals surface area contributed by atoms with Gasteiger partial charge in [0.1, 0.15) is 0 Å². The van der Waals surface area contributed by atoms with Crippen molar-refractivity contribution in [2.45, 2.75) is 13.8 Å². The lowest BCUT2D eigenvalue weighted by Gasteiger charge is -2.19. The number of hydrogen-bond donors (Lipinski definition) is 2. The van der Waals surface area contributed by atoms with E-state index in [4.69, 9.17) is 5.73 Å². The summed E-state index contributed by atoms with van der Waals surface area (Å²) in [5.41, 5.74) is 10.3. The smallest absolute Gasteiger partial charge is 0.243 e. The highest BCUT2D eigenvalue weighted by atomic mass is 16.2. The number of carbonyl (C=O) groups is 1. The second kappa shape index (κ2) is 6.31. The molecule has 0 saturated heterocycles. The van der Waals surface area contributed by atoms with Crippen LogP contribution in [-0.2, 0) is 4.79 Å². The molecule has 0 aliphatic rings. The number of aryl methyl sites for hydroxylation is 2. The molecule has 0 aliphatic heterocycles. The zero-order valence-electron chi connectivity index (χ0n) is 12.7. The first-order valence-corrected chi connectivity index (χ1v) is 6.90. The Morgan fingerprint density at radius 2 is 1.81 bits per heavy atom. The number of likely N-dealkylation sites (N-methyl/N-ethyl adjacent to an activating group) is 1. The molecular formula is C17H21N3O. The second-order valence-corrected chi connectivity index (χ2v) is 5.28. The third-order valence-corrected chi connectivity index (χ3v) is 3.42. The molecular weight excluding hydrogens is 262 g/mol. The molecule has 0 fully saturated rings. The summed E-state index contributed by atoms with van der Waals surface area (Å²) in [6, 6.07) is 13.7. The first-order chi connectivity index (χ1) is 9.97. The van der Waals surface area contributed by atoms with Crippen molar-refractivity contribution in [2.24, 2.45) is 0 Å². The van der Waals surface area contributed by atoms with Gasteiger partial charge in [-0.1, -0.05) is 29.8 Å². The fourth-order valence-electron chi connectivity index (χ4n) is 2.15. The number of amides is 1. The highest BCUT2D eigenvalue weighted by Gasteiger charge is 2.10. The molecule has 2 rings (SSSR count). The molecule has 0 radical (unpaired) electrons. The van der Waals surface area contributed by atoms with Gasteiger partial charge in [-0.15, -0.1) is 0 Å². The van der Waals surface area contributed by atoms with Crippen molar-refractivity contribution in [1.82, 2.24) is 0 Å². The van der Waals surface area contributed by atoms with E-state index >= 15 is 0 Å². The number of hydrogen-bond acceptors (Lipinski definition) is 3. The summed E-state index contributed by atoms with van der Waals surface area (Å²) < 4.78 is 0. The lowest BCUT2D eigenvalue weighted by Crippen LogP contribution is -2.30. The average molecular weight is 283 g/mol. The number of nitrogens with zero attached hydrogens (tertiary/aromatic N) is 1. The minimum absolute atomic E-state index is 0.0842. The van der Waals surface area contributed by atoms with E-state index in [1.807, 2.05) is 62.2 Å².